The van der Waals surface area contributed by atoms with Gasteiger partial charge in [-0.1, -0.05) is 91.0 Å². The maximum absolute atomic E-state index is 6.85. The first-order valence-corrected chi connectivity index (χ1v) is 19.0. The van der Waals surface area contributed by atoms with Gasteiger partial charge in [0, 0.05) is 27.5 Å². The van der Waals surface area contributed by atoms with E-state index in [2.05, 4.69) is 0 Å². The molecule has 7 aromatic carbocycles. The van der Waals surface area contributed by atoms with Gasteiger partial charge in [-0.15, -0.1) is 49.2 Å². The molecule has 0 amide bonds. The van der Waals surface area contributed by atoms with E-state index in [-0.39, 0.29) is 160 Å². The van der Waals surface area contributed by atoms with Crippen LogP contribution in [-0.2, 0) is 0 Å². The molecular weight excluding hydrogens is 756 g/mol. The van der Waals surface area contributed by atoms with Crippen LogP contribution in [0.2, 0.25) is 0 Å². The van der Waals surface area contributed by atoms with Gasteiger partial charge in [-0.3, -0.25) is 0 Å². The third-order valence-electron chi connectivity index (χ3n) is 11.9. The smallest absolute Gasteiger partial charge is 0.164 e. The summed E-state index contributed by atoms with van der Waals surface area (Å²) in [5, 5.41) is 2.24. The quantitative estimate of drug-likeness (QED) is 0.168. The summed E-state index contributed by atoms with van der Waals surface area (Å²) in [4.78, 5) is 14.8. The van der Waals surface area contributed by atoms with Gasteiger partial charge in [0.15, 0.2) is 17.5 Å². The van der Waals surface area contributed by atoms with E-state index in [9.17, 15) is 0 Å². The zero-order valence-electron chi connectivity index (χ0n) is 33.7. The highest BCUT2D eigenvalue weighted by Crippen LogP contribution is 2.37. The van der Waals surface area contributed by atoms with Gasteiger partial charge < -0.3 is 4.42 Å². The Morgan fingerprint density at radius 3 is 1.17 bits per heavy atom. The Morgan fingerprint density at radius 1 is 0.266 bits per heavy atom. The molecular formula is C41H6B19N3O. The molecule has 64 heavy (non-hydrogen) atoms. The van der Waals surface area contributed by atoms with Crippen LogP contribution in [0.25, 0.3) is 88.8 Å². The van der Waals surface area contributed by atoms with Gasteiger partial charge in [-0.05, 0) is 32.7 Å². The molecule has 0 saturated carbocycles. The summed E-state index contributed by atoms with van der Waals surface area (Å²) in [6.45, 7) is 0. The van der Waals surface area contributed by atoms with Crippen LogP contribution in [0.5, 0.6) is 0 Å². The maximum atomic E-state index is 6.85. The van der Waals surface area contributed by atoms with Gasteiger partial charge in [0.1, 0.15) is 160 Å². The SMILES string of the molecule is [B]c1c([B])c([B])c(-c2nc(-c3cccc4c(-c5c([B])c([B])c([B])c6c([B])c([B])c([B])c([B])c56)cccc34)nc(-c3c([B])c([B])c([B])c4oc5c([B])c([B])c([B])c([B])c5c34)n2)c([B])c1[B]. The van der Waals surface area contributed by atoms with Crippen molar-refractivity contribution >= 4 is 296 Å². The Bertz CT molecular complexity index is 3590. The minimum Gasteiger partial charge on any atom is -0.457 e. The number of furan rings is 1. The van der Waals surface area contributed by atoms with E-state index in [1.807, 2.05) is 18.2 Å². The molecule has 2 aromatic heterocycles. The number of aromatic nitrogens is 3. The summed E-state index contributed by atoms with van der Waals surface area (Å²) >= 11 is 0. The number of hydrogen-bond acceptors (Lipinski definition) is 4. The molecule has 0 saturated heterocycles. The van der Waals surface area contributed by atoms with Crippen molar-refractivity contribution in [3.63, 3.8) is 0 Å². The van der Waals surface area contributed by atoms with E-state index < -0.39 is 0 Å². The zero-order valence-corrected chi connectivity index (χ0v) is 33.7. The van der Waals surface area contributed by atoms with Gasteiger partial charge in [-0.2, -0.15) is 0 Å². The Kier molecular flexibility index (Phi) is 10.8. The van der Waals surface area contributed by atoms with E-state index >= 15 is 0 Å². The van der Waals surface area contributed by atoms with Crippen molar-refractivity contribution in [2.75, 3.05) is 0 Å². The normalized spacial score (nSPS) is 11.7. The summed E-state index contributed by atoms with van der Waals surface area (Å²) < 4.78 is 6.22. The van der Waals surface area contributed by atoms with Crippen molar-refractivity contribution in [1.82, 2.24) is 15.0 Å². The first-order chi connectivity index (χ1) is 30.2. The molecule has 0 atom stereocenters. The van der Waals surface area contributed by atoms with Crippen LogP contribution in [0, 0.1) is 0 Å². The molecule has 248 valence electrons. The summed E-state index contributed by atoms with van der Waals surface area (Å²) in [6.07, 6.45) is 0. The van der Waals surface area contributed by atoms with Crippen LogP contribution in [0.1, 0.15) is 0 Å². The van der Waals surface area contributed by atoms with Crippen LogP contribution >= 0.6 is 0 Å². The Morgan fingerprint density at radius 2 is 0.609 bits per heavy atom. The number of nitrogens with zero attached hydrogens (tertiary/aromatic N) is 3. The highest BCUT2D eigenvalue weighted by Gasteiger charge is 2.27. The lowest BCUT2D eigenvalue weighted by molar-refractivity contribution is 0.675. The zero-order chi connectivity index (χ0) is 46.3. The fraction of sp³-hybridized carbons (Fsp3) is 0. The van der Waals surface area contributed by atoms with Crippen molar-refractivity contribution in [3.05, 3.63) is 36.4 Å². The molecule has 2 heterocycles. The van der Waals surface area contributed by atoms with Crippen LogP contribution < -0.4 is 104 Å². The fourth-order valence-corrected chi connectivity index (χ4v) is 8.35. The molecule has 0 unspecified atom stereocenters. The second kappa shape index (κ2) is 15.6. The Labute approximate surface area is 395 Å². The standard InChI is InChI=1S/C41H6B19N3O/c42-18-11(12-14(20(44)26(18)50)21(45)28(52)27(51)19(12)43)9-5-1-4-8-7(9)3-2-6-10(8)39-61-40(63-41(62-39)17-24(48)30(54)33(57)31(55)25(17)49)16-13-15-22(46)29(53)34(58)36(60)38(15)64-37(13)35(59)32(56)23(16)47/h1-6H. The molecule has 0 fully saturated rings. The van der Waals surface area contributed by atoms with Crippen LogP contribution in [0.3, 0.4) is 0 Å². The second-order valence-electron chi connectivity index (χ2n) is 15.3. The topological polar surface area (TPSA) is 51.8 Å². The highest BCUT2D eigenvalue weighted by atomic mass is 16.3. The average Bonchev–Trinajstić information content (AvgIpc) is 3.68. The fourth-order valence-electron chi connectivity index (χ4n) is 8.35. The third kappa shape index (κ3) is 6.14. The molecule has 0 spiro atoms. The summed E-state index contributed by atoms with van der Waals surface area (Å²) in [6, 6.07) is 10.8. The second-order valence-corrected chi connectivity index (χ2v) is 15.3. The molecule has 38 radical (unpaired) electrons. The molecule has 23 heteroatoms. The lowest BCUT2D eigenvalue weighted by Crippen LogP contribution is -2.55. The average molecular weight is 762 g/mol. The monoisotopic (exact) mass is 765 g/mol. The lowest BCUT2D eigenvalue weighted by atomic mass is 9.58. The number of benzene rings is 7. The van der Waals surface area contributed by atoms with Gasteiger partial charge in [0.05, 0.1) is 0 Å². The summed E-state index contributed by atoms with van der Waals surface area (Å²) in [5.41, 5.74) is 1.61. The third-order valence-corrected chi connectivity index (χ3v) is 11.9. The number of hydrogen-bond donors (Lipinski definition) is 0. The Hall–Kier alpha value is -4.90. The van der Waals surface area contributed by atoms with E-state index in [1.165, 1.54) is 0 Å². The predicted octanol–water partition coefficient (Wildman–Crippen LogP) is -12.2. The molecule has 9 rings (SSSR count). The first kappa shape index (κ1) is 44.3. The largest absolute Gasteiger partial charge is 0.457 e. The van der Waals surface area contributed by atoms with E-state index in [1.54, 1.807) is 18.2 Å². The summed E-state index contributed by atoms with van der Waals surface area (Å²) in [7, 11) is 123. The van der Waals surface area contributed by atoms with Crippen LogP contribution in [0.15, 0.2) is 40.8 Å². The van der Waals surface area contributed by atoms with Crippen molar-refractivity contribution in [2.24, 2.45) is 0 Å². The first-order valence-electron chi connectivity index (χ1n) is 19.0. The van der Waals surface area contributed by atoms with Crippen molar-refractivity contribution in [3.8, 4) is 45.3 Å². The van der Waals surface area contributed by atoms with Gasteiger partial charge in [0.25, 0.3) is 0 Å². The number of fused-ring (bicyclic) bond motifs is 5. The minimum absolute atomic E-state index is 0.00942. The van der Waals surface area contributed by atoms with Crippen molar-refractivity contribution in [1.29, 1.82) is 0 Å². The van der Waals surface area contributed by atoms with E-state index in [0.29, 0.717) is 32.8 Å². The maximum Gasteiger partial charge on any atom is 0.164 e. The molecule has 0 aliphatic rings. The predicted molar refractivity (Wildman–Crippen MR) is 286 cm³/mol. The molecule has 4 nitrogen and oxygen atoms in total. The molecule has 9 aromatic rings. The molecule has 0 bridgehead atoms. The van der Waals surface area contributed by atoms with Crippen LogP contribution in [0.4, 0.5) is 0 Å². The van der Waals surface area contributed by atoms with Gasteiger partial charge in [0.2, 0.25) is 0 Å². The molecule has 0 aliphatic carbocycles. The number of rotatable bonds is 4. The van der Waals surface area contributed by atoms with E-state index in [0.717, 1.165) is 0 Å². The Balaban J connectivity index is 1.43. The summed E-state index contributed by atoms with van der Waals surface area (Å²) in [5.74, 6) is -0.145. The van der Waals surface area contributed by atoms with Crippen molar-refractivity contribution in [2.45, 2.75) is 0 Å². The molecule has 0 N–H and O–H groups in total. The van der Waals surface area contributed by atoms with E-state index in [4.69, 9.17) is 168 Å². The molecule has 0 aliphatic heterocycles. The van der Waals surface area contributed by atoms with Crippen LogP contribution in [-0.4, -0.2) is 164 Å². The lowest BCUT2D eigenvalue weighted by Gasteiger charge is -2.26. The van der Waals surface area contributed by atoms with Gasteiger partial charge >= 0.3 is 0 Å². The highest BCUT2D eigenvalue weighted by molar-refractivity contribution is 6.73. The minimum atomic E-state index is -0.105. The van der Waals surface area contributed by atoms with Crippen molar-refractivity contribution < 1.29 is 4.42 Å². The van der Waals surface area contributed by atoms with Gasteiger partial charge in [-0.25, -0.2) is 15.0 Å².